The molecule has 0 bridgehead atoms. The monoisotopic (exact) mass is 296 g/mol. The van der Waals surface area contributed by atoms with Gasteiger partial charge in [0.25, 0.3) is 0 Å². The Morgan fingerprint density at radius 1 is 1.62 bits per heavy atom. The number of methoxy groups -OCH3 is 1. The van der Waals surface area contributed by atoms with Crippen LogP contribution in [0.15, 0.2) is 6.07 Å². The van der Waals surface area contributed by atoms with Gasteiger partial charge in [0.15, 0.2) is 5.82 Å². The van der Waals surface area contributed by atoms with E-state index in [0.717, 1.165) is 0 Å². The first-order chi connectivity index (χ1) is 10.0. The molecule has 9 heteroatoms. The highest BCUT2D eigenvalue weighted by atomic mass is 16.5. The summed E-state index contributed by atoms with van der Waals surface area (Å²) in [6.45, 7) is 1.19. The summed E-state index contributed by atoms with van der Waals surface area (Å²) < 4.78 is 4.90. The van der Waals surface area contributed by atoms with Gasteiger partial charge < -0.3 is 20.1 Å². The Morgan fingerprint density at radius 3 is 3.00 bits per heavy atom. The first-order valence-corrected chi connectivity index (χ1v) is 6.37. The van der Waals surface area contributed by atoms with Gasteiger partial charge in [0.05, 0.1) is 12.5 Å². The molecule has 2 amide bonds. The number of ether oxygens (including phenoxy) is 1. The van der Waals surface area contributed by atoms with E-state index in [1.54, 1.807) is 12.0 Å². The average molecular weight is 296 g/mol. The second kappa shape index (κ2) is 6.35. The van der Waals surface area contributed by atoms with E-state index in [1.807, 2.05) is 0 Å². The minimum Gasteiger partial charge on any atom is -0.477 e. The maximum atomic E-state index is 12.0. The van der Waals surface area contributed by atoms with Crippen LogP contribution in [0.1, 0.15) is 16.9 Å². The van der Waals surface area contributed by atoms with Crippen molar-refractivity contribution in [2.45, 2.75) is 6.42 Å². The highest BCUT2D eigenvalue weighted by Gasteiger charge is 2.34. The van der Waals surface area contributed by atoms with Gasteiger partial charge in [0.1, 0.15) is 5.69 Å². The number of aromatic carboxylic acids is 1. The summed E-state index contributed by atoms with van der Waals surface area (Å²) in [5.74, 6) is -1.96. The van der Waals surface area contributed by atoms with Crippen LogP contribution in [-0.4, -0.2) is 64.8 Å². The molecule has 1 saturated heterocycles. The normalized spacial score (nSPS) is 18.0. The lowest BCUT2D eigenvalue weighted by Gasteiger charge is -2.15. The number of carbonyl (C=O) groups is 3. The Morgan fingerprint density at radius 2 is 2.38 bits per heavy atom. The smallest absolute Gasteiger partial charge is 0.353 e. The number of carboxylic acid groups (broad SMARTS) is 1. The second-order valence-electron chi connectivity index (χ2n) is 4.69. The first kappa shape index (κ1) is 15.0. The van der Waals surface area contributed by atoms with Gasteiger partial charge in [-0.2, -0.15) is 5.10 Å². The van der Waals surface area contributed by atoms with E-state index in [9.17, 15) is 14.4 Å². The topological polar surface area (TPSA) is 125 Å². The minimum atomic E-state index is -1.16. The molecule has 1 unspecified atom stereocenters. The molecule has 2 heterocycles. The molecule has 1 aliphatic rings. The number of carbonyl (C=O) groups excluding carboxylic acids is 2. The van der Waals surface area contributed by atoms with Gasteiger partial charge in [-0.1, -0.05) is 0 Å². The van der Waals surface area contributed by atoms with Crippen molar-refractivity contribution in [2.24, 2.45) is 5.92 Å². The summed E-state index contributed by atoms with van der Waals surface area (Å²) in [7, 11) is 1.54. The quantitative estimate of drug-likeness (QED) is 0.652. The van der Waals surface area contributed by atoms with Gasteiger partial charge in [-0.3, -0.25) is 14.7 Å². The third-order valence-electron chi connectivity index (χ3n) is 3.21. The molecule has 0 aromatic carbocycles. The summed E-state index contributed by atoms with van der Waals surface area (Å²) in [5, 5.41) is 17.2. The van der Waals surface area contributed by atoms with Crippen molar-refractivity contribution >= 4 is 23.6 Å². The van der Waals surface area contributed by atoms with Gasteiger partial charge in [-0.15, -0.1) is 0 Å². The number of nitrogens with one attached hydrogen (secondary N) is 2. The molecule has 9 nitrogen and oxygen atoms in total. The molecule has 0 saturated carbocycles. The van der Waals surface area contributed by atoms with Crippen molar-refractivity contribution in [1.29, 1.82) is 0 Å². The summed E-state index contributed by atoms with van der Waals surface area (Å²) in [6, 6.07) is 1.22. The summed E-state index contributed by atoms with van der Waals surface area (Å²) in [6.07, 6.45) is 0.131. The van der Waals surface area contributed by atoms with Crippen LogP contribution in [0.25, 0.3) is 0 Å². The van der Waals surface area contributed by atoms with Crippen LogP contribution in [0.3, 0.4) is 0 Å². The van der Waals surface area contributed by atoms with Gasteiger partial charge in [-0.25, -0.2) is 4.79 Å². The molecule has 1 aromatic rings. The number of hydrogen-bond acceptors (Lipinski definition) is 5. The number of carboxylic acids is 1. The zero-order chi connectivity index (χ0) is 15.4. The van der Waals surface area contributed by atoms with E-state index in [-0.39, 0.29) is 29.7 Å². The van der Waals surface area contributed by atoms with E-state index < -0.39 is 11.9 Å². The van der Waals surface area contributed by atoms with E-state index in [0.29, 0.717) is 19.7 Å². The largest absolute Gasteiger partial charge is 0.477 e. The highest BCUT2D eigenvalue weighted by molar-refractivity contribution is 5.97. The number of likely N-dealkylation sites (tertiary alicyclic amines) is 1. The molecule has 3 N–H and O–H groups in total. The zero-order valence-electron chi connectivity index (χ0n) is 11.5. The maximum Gasteiger partial charge on any atom is 0.353 e. The number of amides is 2. The van der Waals surface area contributed by atoms with E-state index in [2.05, 4.69) is 15.5 Å². The molecule has 21 heavy (non-hydrogen) atoms. The van der Waals surface area contributed by atoms with Crippen molar-refractivity contribution in [3.05, 3.63) is 11.8 Å². The molecular weight excluding hydrogens is 280 g/mol. The number of hydrogen-bond donors (Lipinski definition) is 3. The van der Waals surface area contributed by atoms with E-state index in [4.69, 9.17) is 9.84 Å². The standard InChI is InChI=1S/C12H16N4O5/c1-21-3-2-16-6-7(4-10(16)17)11(18)13-9-5-8(12(19)20)14-15-9/h5,7H,2-4,6H2,1H3,(H,19,20)(H2,13,14,15,18). The van der Waals surface area contributed by atoms with Gasteiger partial charge in [0, 0.05) is 32.7 Å². The molecule has 2 rings (SSSR count). The number of nitrogens with zero attached hydrogens (tertiary/aromatic N) is 2. The van der Waals surface area contributed by atoms with Crippen LogP contribution < -0.4 is 5.32 Å². The van der Waals surface area contributed by atoms with Gasteiger partial charge in [0.2, 0.25) is 11.8 Å². The van der Waals surface area contributed by atoms with E-state index in [1.165, 1.54) is 6.07 Å². The Balaban J connectivity index is 1.91. The van der Waals surface area contributed by atoms with Crippen LogP contribution >= 0.6 is 0 Å². The lowest BCUT2D eigenvalue weighted by Crippen LogP contribution is -2.30. The molecule has 1 fully saturated rings. The van der Waals surface area contributed by atoms with Crippen molar-refractivity contribution in [3.8, 4) is 0 Å². The first-order valence-electron chi connectivity index (χ1n) is 6.37. The molecule has 0 aliphatic carbocycles. The van der Waals surface area contributed by atoms with Crippen molar-refractivity contribution in [2.75, 3.05) is 32.1 Å². The number of aromatic nitrogens is 2. The molecule has 1 atom stereocenters. The minimum absolute atomic E-state index is 0.0968. The zero-order valence-corrected chi connectivity index (χ0v) is 11.5. The predicted octanol–water partition coefficient (Wildman–Crippen LogP) is -0.459. The van der Waals surface area contributed by atoms with Crippen molar-refractivity contribution in [3.63, 3.8) is 0 Å². The average Bonchev–Trinajstić information content (AvgIpc) is 3.03. The Labute approximate surface area is 120 Å². The third-order valence-corrected chi connectivity index (χ3v) is 3.21. The molecule has 1 aliphatic heterocycles. The summed E-state index contributed by atoms with van der Waals surface area (Å²) in [4.78, 5) is 36.0. The third kappa shape index (κ3) is 3.57. The SMILES string of the molecule is COCCN1CC(C(=O)Nc2cc(C(=O)O)[nH]n2)CC1=O. The summed E-state index contributed by atoms with van der Waals surface area (Å²) in [5.41, 5.74) is -0.116. The lowest BCUT2D eigenvalue weighted by molar-refractivity contribution is -0.128. The molecular formula is C12H16N4O5. The number of H-pyrrole nitrogens is 1. The van der Waals surface area contributed by atoms with Crippen LogP contribution in [0.2, 0.25) is 0 Å². The molecule has 0 radical (unpaired) electrons. The molecule has 114 valence electrons. The Bertz CT molecular complexity index is 556. The maximum absolute atomic E-state index is 12.0. The van der Waals surface area contributed by atoms with Gasteiger partial charge >= 0.3 is 5.97 Å². The fourth-order valence-corrected chi connectivity index (χ4v) is 2.09. The van der Waals surface area contributed by atoms with Crippen LogP contribution in [-0.2, 0) is 14.3 Å². The number of rotatable bonds is 6. The molecule has 0 spiro atoms. The number of anilines is 1. The highest BCUT2D eigenvalue weighted by Crippen LogP contribution is 2.19. The van der Waals surface area contributed by atoms with Crippen LogP contribution in [0.4, 0.5) is 5.82 Å². The predicted molar refractivity (Wildman–Crippen MR) is 70.7 cm³/mol. The summed E-state index contributed by atoms with van der Waals surface area (Å²) >= 11 is 0. The van der Waals surface area contributed by atoms with Crippen molar-refractivity contribution in [1.82, 2.24) is 15.1 Å². The number of aromatic amines is 1. The Kier molecular flexibility index (Phi) is 4.53. The van der Waals surface area contributed by atoms with E-state index >= 15 is 0 Å². The fourth-order valence-electron chi connectivity index (χ4n) is 2.09. The lowest BCUT2D eigenvalue weighted by atomic mass is 10.1. The fraction of sp³-hybridized carbons (Fsp3) is 0.500. The Hall–Kier alpha value is -2.42. The van der Waals surface area contributed by atoms with Crippen molar-refractivity contribution < 1.29 is 24.2 Å². The molecule has 1 aromatic heterocycles. The van der Waals surface area contributed by atoms with Crippen LogP contribution in [0, 0.1) is 5.92 Å². The van der Waals surface area contributed by atoms with Crippen LogP contribution in [0.5, 0.6) is 0 Å². The van der Waals surface area contributed by atoms with Gasteiger partial charge in [-0.05, 0) is 0 Å². The second-order valence-corrected chi connectivity index (χ2v) is 4.69.